The molecule has 0 atom stereocenters. The Morgan fingerprint density at radius 2 is 0.872 bits per heavy atom. The third kappa shape index (κ3) is 6.32. The van der Waals surface area contributed by atoms with Crippen LogP contribution in [0.4, 0.5) is 17.1 Å². The van der Waals surface area contributed by atoms with Crippen molar-refractivity contribution >= 4 is 17.1 Å². The summed E-state index contributed by atoms with van der Waals surface area (Å²) in [6.07, 6.45) is 0. The molecule has 2 nitrogen and oxygen atoms in total. The monoisotopic (exact) mass is 607 g/mol. The topological polar surface area (TPSA) is 12.5 Å². The minimum absolute atomic E-state index is 0.874. The van der Waals surface area contributed by atoms with E-state index in [0.29, 0.717) is 0 Å². The summed E-state index contributed by atoms with van der Waals surface area (Å²) >= 11 is 0. The van der Waals surface area contributed by atoms with Gasteiger partial charge in [-0.05, 0) is 113 Å². The second-order valence-corrected chi connectivity index (χ2v) is 12.0. The van der Waals surface area contributed by atoms with Crippen LogP contribution in [0.5, 0.6) is 11.5 Å². The SMILES string of the molecule is Cc1cc(-c2ccccc2)cc(-c2ccccc2)c1.Cc1ccccc1-c1cc(N2c3ccccc3Oc3ccccc32)ccc1C. The molecule has 0 saturated heterocycles. The molecule has 0 aliphatic carbocycles. The van der Waals surface area contributed by atoms with Gasteiger partial charge in [-0.15, -0.1) is 0 Å². The molecule has 1 aliphatic heterocycles. The van der Waals surface area contributed by atoms with Crippen molar-refractivity contribution < 1.29 is 4.74 Å². The average molecular weight is 608 g/mol. The normalized spacial score (nSPS) is 11.4. The Labute approximate surface area is 278 Å². The number of anilines is 3. The highest BCUT2D eigenvalue weighted by Crippen LogP contribution is 2.50. The molecule has 47 heavy (non-hydrogen) atoms. The first-order chi connectivity index (χ1) is 23.0. The molecule has 0 saturated carbocycles. The largest absolute Gasteiger partial charge is 0.453 e. The molecule has 7 aromatic rings. The zero-order chi connectivity index (χ0) is 32.2. The fourth-order valence-corrected chi connectivity index (χ4v) is 6.27. The molecule has 0 amide bonds. The second-order valence-electron chi connectivity index (χ2n) is 12.0. The summed E-state index contributed by atoms with van der Waals surface area (Å²) < 4.78 is 6.15. The van der Waals surface area contributed by atoms with Crippen LogP contribution >= 0.6 is 0 Å². The Morgan fingerprint density at radius 3 is 1.45 bits per heavy atom. The number of rotatable bonds is 4. The van der Waals surface area contributed by atoms with Crippen LogP contribution in [0, 0.1) is 20.8 Å². The van der Waals surface area contributed by atoms with E-state index in [0.717, 1.165) is 28.6 Å². The van der Waals surface area contributed by atoms with Gasteiger partial charge in [-0.2, -0.15) is 0 Å². The van der Waals surface area contributed by atoms with E-state index in [1.165, 1.54) is 50.1 Å². The zero-order valence-corrected chi connectivity index (χ0v) is 27.0. The van der Waals surface area contributed by atoms with Gasteiger partial charge in [0.05, 0.1) is 11.4 Å². The van der Waals surface area contributed by atoms with Gasteiger partial charge in [0.2, 0.25) is 0 Å². The Morgan fingerprint density at radius 1 is 0.383 bits per heavy atom. The molecule has 0 unspecified atom stereocenters. The third-order valence-electron chi connectivity index (χ3n) is 8.64. The van der Waals surface area contributed by atoms with Gasteiger partial charge < -0.3 is 9.64 Å². The number of hydrogen-bond donors (Lipinski definition) is 0. The summed E-state index contributed by atoms with van der Waals surface area (Å²) in [5.74, 6) is 1.75. The van der Waals surface area contributed by atoms with Crippen molar-refractivity contribution in [1.29, 1.82) is 0 Å². The van der Waals surface area contributed by atoms with E-state index in [4.69, 9.17) is 4.74 Å². The van der Waals surface area contributed by atoms with Crippen LogP contribution < -0.4 is 9.64 Å². The molecule has 1 heterocycles. The van der Waals surface area contributed by atoms with Crippen molar-refractivity contribution in [1.82, 2.24) is 0 Å². The summed E-state index contributed by atoms with van der Waals surface area (Å²) in [7, 11) is 0. The minimum atomic E-state index is 0.874. The quantitative estimate of drug-likeness (QED) is 0.197. The lowest BCUT2D eigenvalue weighted by molar-refractivity contribution is 0.477. The maximum absolute atomic E-state index is 6.15. The number of nitrogens with zero attached hydrogens (tertiary/aromatic N) is 1. The Kier molecular flexibility index (Phi) is 8.41. The van der Waals surface area contributed by atoms with E-state index in [1.807, 2.05) is 24.3 Å². The van der Waals surface area contributed by atoms with Crippen LogP contribution in [0.1, 0.15) is 16.7 Å². The molecule has 0 aromatic heterocycles. The maximum atomic E-state index is 6.15. The molecule has 0 radical (unpaired) electrons. The maximum Gasteiger partial charge on any atom is 0.151 e. The fraction of sp³-hybridized carbons (Fsp3) is 0.0667. The predicted molar refractivity (Wildman–Crippen MR) is 198 cm³/mol. The molecule has 0 N–H and O–H groups in total. The molecule has 2 heteroatoms. The van der Waals surface area contributed by atoms with Gasteiger partial charge >= 0.3 is 0 Å². The van der Waals surface area contributed by atoms with Gasteiger partial charge in [-0.25, -0.2) is 0 Å². The molecule has 228 valence electrons. The van der Waals surface area contributed by atoms with Crippen molar-refractivity contribution in [2.45, 2.75) is 20.8 Å². The average Bonchev–Trinajstić information content (AvgIpc) is 3.12. The van der Waals surface area contributed by atoms with E-state index < -0.39 is 0 Å². The van der Waals surface area contributed by atoms with Crippen molar-refractivity contribution in [2.24, 2.45) is 0 Å². The Balaban J connectivity index is 0.000000161. The minimum Gasteiger partial charge on any atom is -0.453 e. The predicted octanol–water partition coefficient (Wildman–Crippen LogP) is 12.9. The molecular weight excluding hydrogens is 571 g/mol. The summed E-state index contributed by atoms with van der Waals surface area (Å²) in [5.41, 5.74) is 14.7. The molecule has 7 aromatic carbocycles. The van der Waals surface area contributed by atoms with E-state index in [1.54, 1.807) is 0 Å². The number of fused-ring (bicyclic) bond motifs is 2. The van der Waals surface area contributed by atoms with Gasteiger partial charge in [-0.3, -0.25) is 0 Å². The van der Waals surface area contributed by atoms with Crippen LogP contribution in [-0.2, 0) is 0 Å². The van der Waals surface area contributed by atoms with Crippen molar-refractivity contribution in [3.05, 3.63) is 187 Å². The zero-order valence-electron chi connectivity index (χ0n) is 27.0. The van der Waals surface area contributed by atoms with Crippen LogP contribution in [0.2, 0.25) is 0 Å². The smallest absolute Gasteiger partial charge is 0.151 e. The molecule has 0 fully saturated rings. The number of benzene rings is 7. The van der Waals surface area contributed by atoms with Crippen molar-refractivity contribution in [2.75, 3.05) is 4.90 Å². The summed E-state index contributed by atoms with van der Waals surface area (Å²) in [6, 6.07) is 59.4. The van der Waals surface area contributed by atoms with Gasteiger partial charge in [0.15, 0.2) is 11.5 Å². The van der Waals surface area contributed by atoms with Crippen molar-refractivity contribution in [3.63, 3.8) is 0 Å². The number of hydrogen-bond acceptors (Lipinski definition) is 2. The van der Waals surface area contributed by atoms with E-state index >= 15 is 0 Å². The third-order valence-corrected chi connectivity index (χ3v) is 8.64. The van der Waals surface area contributed by atoms with Crippen LogP contribution in [-0.4, -0.2) is 0 Å². The molecule has 8 rings (SSSR count). The van der Waals surface area contributed by atoms with Gasteiger partial charge in [0.25, 0.3) is 0 Å². The van der Waals surface area contributed by atoms with E-state index in [-0.39, 0.29) is 0 Å². The first kappa shape index (κ1) is 29.8. The highest BCUT2D eigenvalue weighted by atomic mass is 16.5. The molecule has 0 spiro atoms. The first-order valence-electron chi connectivity index (χ1n) is 16.1. The summed E-state index contributed by atoms with van der Waals surface area (Å²) in [6.45, 7) is 6.49. The number of ether oxygens (including phenoxy) is 1. The van der Waals surface area contributed by atoms with Gasteiger partial charge in [0.1, 0.15) is 0 Å². The summed E-state index contributed by atoms with van der Waals surface area (Å²) in [4.78, 5) is 2.29. The molecular formula is C45H37NO. The lowest BCUT2D eigenvalue weighted by Crippen LogP contribution is -2.15. The van der Waals surface area contributed by atoms with Crippen LogP contribution in [0.25, 0.3) is 33.4 Å². The lowest BCUT2D eigenvalue weighted by atomic mass is 9.95. The fourth-order valence-electron chi connectivity index (χ4n) is 6.27. The highest BCUT2D eigenvalue weighted by molar-refractivity contribution is 5.88. The van der Waals surface area contributed by atoms with Gasteiger partial charge in [-0.1, -0.05) is 127 Å². The molecule has 0 bridgehead atoms. The van der Waals surface area contributed by atoms with Gasteiger partial charge in [0, 0.05) is 5.69 Å². The lowest BCUT2D eigenvalue weighted by Gasteiger charge is -2.33. The standard InChI is InChI=1S/C26H21NO.C19H16/c1-18-9-3-4-10-21(18)22-17-20(16-15-19(22)2)27-23-11-5-7-13-25(23)28-26-14-8-6-12-24(26)27;1-15-12-18(16-8-4-2-5-9-16)14-19(13-15)17-10-6-3-7-11-17/h3-17H,1-2H3;2-14H,1H3. The highest BCUT2D eigenvalue weighted by Gasteiger charge is 2.25. The number of para-hydroxylation sites is 4. The van der Waals surface area contributed by atoms with Crippen LogP contribution in [0.3, 0.4) is 0 Å². The van der Waals surface area contributed by atoms with E-state index in [9.17, 15) is 0 Å². The van der Waals surface area contributed by atoms with Crippen molar-refractivity contribution in [3.8, 4) is 44.9 Å². The summed E-state index contributed by atoms with van der Waals surface area (Å²) in [5, 5.41) is 0. The number of aryl methyl sites for hydroxylation is 3. The Bertz CT molecular complexity index is 2050. The first-order valence-corrected chi connectivity index (χ1v) is 16.1. The second kappa shape index (κ2) is 13.2. The molecule has 1 aliphatic rings. The Hall–Kier alpha value is -5.86. The van der Waals surface area contributed by atoms with Crippen LogP contribution in [0.15, 0.2) is 170 Å². The van der Waals surface area contributed by atoms with E-state index in [2.05, 4.69) is 171 Å².